The molecule has 0 aliphatic carbocycles. The second-order valence-corrected chi connectivity index (χ2v) is 9.03. The van der Waals surface area contributed by atoms with Gasteiger partial charge in [-0.15, -0.1) is 0 Å². The van der Waals surface area contributed by atoms with Gasteiger partial charge in [0.05, 0.1) is 31.9 Å². The number of carbonyl (C=O) groups excluding carboxylic acids is 1. The molecular formula is C21H26FN3O5S. The minimum atomic E-state index is -3.78. The van der Waals surface area contributed by atoms with E-state index in [0.717, 1.165) is 10.6 Å². The number of sulfonamides is 1. The molecule has 3 rings (SSSR count). The van der Waals surface area contributed by atoms with Crippen LogP contribution in [0.4, 0.5) is 15.8 Å². The highest BCUT2D eigenvalue weighted by Crippen LogP contribution is 2.33. The fourth-order valence-corrected chi connectivity index (χ4v) is 4.35. The predicted octanol–water partition coefficient (Wildman–Crippen LogP) is 1.96. The molecular weight excluding hydrogens is 425 g/mol. The van der Waals surface area contributed by atoms with E-state index in [-0.39, 0.29) is 24.0 Å². The first-order valence-electron chi connectivity index (χ1n) is 9.71. The number of anilines is 2. The summed E-state index contributed by atoms with van der Waals surface area (Å²) < 4.78 is 50.5. The van der Waals surface area contributed by atoms with Gasteiger partial charge < -0.3 is 19.3 Å². The lowest BCUT2D eigenvalue weighted by molar-refractivity contribution is -0.129. The summed E-state index contributed by atoms with van der Waals surface area (Å²) in [5.41, 5.74) is 0.719. The van der Waals surface area contributed by atoms with E-state index in [4.69, 9.17) is 9.47 Å². The molecule has 2 aromatic rings. The van der Waals surface area contributed by atoms with Crippen molar-refractivity contribution in [3.8, 4) is 11.5 Å². The molecule has 0 radical (unpaired) electrons. The first-order valence-corrected chi connectivity index (χ1v) is 11.6. The van der Waals surface area contributed by atoms with Crippen LogP contribution < -0.4 is 18.7 Å². The quantitative estimate of drug-likeness (QED) is 0.640. The summed E-state index contributed by atoms with van der Waals surface area (Å²) in [5.74, 6) is 0.0953. The minimum absolute atomic E-state index is 0.225. The minimum Gasteiger partial charge on any atom is -0.497 e. The summed E-state index contributed by atoms with van der Waals surface area (Å²) in [6.45, 7) is 1.25. The van der Waals surface area contributed by atoms with Crippen LogP contribution in [0.2, 0.25) is 0 Å². The molecule has 0 saturated carbocycles. The molecule has 0 bridgehead atoms. The van der Waals surface area contributed by atoms with Gasteiger partial charge in [-0.1, -0.05) is 12.1 Å². The number of amides is 1. The predicted molar refractivity (Wildman–Crippen MR) is 117 cm³/mol. The van der Waals surface area contributed by atoms with E-state index in [1.807, 2.05) is 4.90 Å². The SMILES string of the molecule is COc1ccc(OC)c(N(CC(=O)N2CCN(c3ccccc3F)CC2)S(C)(=O)=O)c1. The molecule has 0 N–H and O–H groups in total. The van der Waals surface area contributed by atoms with Crippen LogP contribution in [0.15, 0.2) is 42.5 Å². The smallest absolute Gasteiger partial charge is 0.243 e. The topological polar surface area (TPSA) is 79.4 Å². The number of methoxy groups -OCH3 is 2. The van der Waals surface area contributed by atoms with E-state index in [1.54, 1.807) is 35.2 Å². The number of nitrogens with zero attached hydrogens (tertiary/aromatic N) is 3. The van der Waals surface area contributed by atoms with Crippen LogP contribution in [0.3, 0.4) is 0 Å². The highest BCUT2D eigenvalue weighted by atomic mass is 32.2. The van der Waals surface area contributed by atoms with Crippen LogP contribution in [-0.4, -0.2) is 72.4 Å². The third-order valence-electron chi connectivity index (χ3n) is 5.16. The largest absolute Gasteiger partial charge is 0.497 e. The molecule has 0 unspecified atom stereocenters. The zero-order valence-electron chi connectivity index (χ0n) is 17.7. The Morgan fingerprint density at radius 2 is 1.74 bits per heavy atom. The Hall–Kier alpha value is -3.01. The Bertz CT molecular complexity index is 1040. The monoisotopic (exact) mass is 451 g/mol. The molecule has 1 aliphatic heterocycles. The van der Waals surface area contributed by atoms with Crippen molar-refractivity contribution in [3.05, 3.63) is 48.3 Å². The third kappa shape index (κ3) is 5.19. The van der Waals surface area contributed by atoms with Crippen molar-refractivity contribution in [2.45, 2.75) is 0 Å². The first-order chi connectivity index (χ1) is 14.7. The van der Waals surface area contributed by atoms with Gasteiger partial charge in [-0.2, -0.15) is 0 Å². The number of ether oxygens (including phenoxy) is 2. The summed E-state index contributed by atoms with van der Waals surface area (Å²) in [5, 5.41) is 0. The maximum Gasteiger partial charge on any atom is 0.243 e. The Kier molecular flexibility index (Phi) is 6.89. The van der Waals surface area contributed by atoms with Crippen LogP contribution in [0.25, 0.3) is 0 Å². The molecule has 1 amide bonds. The molecule has 168 valence electrons. The van der Waals surface area contributed by atoms with Crippen molar-refractivity contribution in [2.75, 3.05) is 62.4 Å². The molecule has 8 nitrogen and oxygen atoms in total. The molecule has 10 heteroatoms. The van der Waals surface area contributed by atoms with Crippen LogP contribution in [0, 0.1) is 5.82 Å². The Morgan fingerprint density at radius 1 is 1.06 bits per heavy atom. The molecule has 1 saturated heterocycles. The number of carbonyl (C=O) groups is 1. The van der Waals surface area contributed by atoms with Gasteiger partial charge in [0.15, 0.2) is 0 Å². The van der Waals surface area contributed by atoms with Crippen molar-refractivity contribution in [3.63, 3.8) is 0 Å². The lowest BCUT2D eigenvalue weighted by Gasteiger charge is -2.37. The fraction of sp³-hybridized carbons (Fsp3) is 0.381. The number of rotatable bonds is 7. The Balaban J connectivity index is 1.75. The van der Waals surface area contributed by atoms with Crippen LogP contribution >= 0.6 is 0 Å². The molecule has 2 aromatic carbocycles. The second-order valence-electron chi connectivity index (χ2n) is 7.13. The molecule has 1 aliphatic rings. The number of hydrogen-bond donors (Lipinski definition) is 0. The lowest BCUT2D eigenvalue weighted by Crippen LogP contribution is -2.52. The zero-order chi connectivity index (χ0) is 22.6. The van der Waals surface area contributed by atoms with Gasteiger partial charge >= 0.3 is 0 Å². The van der Waals surface area contributed by atoms with Crippen molar-refractivity contribution in [2.24, 2.45) is 0 Å². The Morgan fingerprint density at radius 3 is 2.32 bits per heavy atom. The summed E-state index contributed by atoms with van der Waals surface area (Å²) in [6.07, 6.45) is 1.04. The van der Waals surface area contributed by atoms with Gasteiger partial charge in [0.25, 0.3) is 0 Å². The van der Waals surface area contributed by atoms with Gasteiger partial charge in [-0.3, -0.25) is 9.10 Å². The van der Waals surface area contributed by atoms with E-state index in [9.17, 15) is 17.6 Å². The van der Waals surface area contributed by atoms with Crippen molar-refractivity contribution in [1.29, 1.82) is 0 Å². The summed E-state index contributed by atoms with van der Waals surface area (Å²) in [6, 6.07) is 11.2. The number of para-hydroxylation sites is 1. The molecule has 1 fully saturated rings. The highest BCUT2D eigenvalue weighted by Gasteiger charge is 2.29. The maximum atomic E-state index is 14.0. The third-order valence-corrected chi connectivity index (χ3v) is 6.29. The van der Waals surface area contributed by atoms with Crippen LogP contribution in [0.5, 0.6) is 11.5 Å². The number of benzene rings is 2. The van der Waals surface area contributed by atoms with Crippen LogP contribution in [-0.2, 0) is 14.8 Å². The van der Waals surface area contributed by atoms with Gasteiger partial charge in [-0.25, -0.2) is 12.8 Å². The fourth-order valence-electron chi connectivity index (χ4n) is 3.50. The van der Waals surface area contributed by atoms with E-state index in [2.05, 4.69) is 0 Å². The summed E-state index contributed by atoms with van der Waals surface area (Å²) >= 11 is 0. The number of hydrogen-bond acceptors (Lipinski definition) is 6. The van der Waals surface area contributed by atoms with Gasteiger partial charge in [0.1, 0.15) is 23.9 Å². The highest BCUT2D eigenvalue weighted by molar-refractivity contribution is 7.92. The standard InChI is InChI=1S/C21H26FN3O5S/c1-29-16-8-9-20(30-2)19(14-16)25(31(3,27)28)15-21(26)24-12-10-23(11-13-24)18-7-5-4-6-17(18)22/h4-9,14H,10-13,15H2,1-3H3. The zero-order valence-corrected chi connectivity index (χ0v) is 18.6. The van der Waals surface area contributed by atoms with Crippen molar-refractivity contribution >= 4 is 27.3 Å². The normalized spacial score (nSPS) is 14.3. The van der Waals surface area contributed by atoms with E-state index in [1.165, 1.54) is 26.4 Å². The maximum absolute atomic E-state index is 14.0. The molecule has 0 atom stereocenters. The Labute approximate surface area is 181 Å². The molecule has 1 heterocycles. The number of piperazine rings is 1. The average Bonchev–Trinajstić information content (AvgIpc) is 2.76. The molecule has 0 aromatic heterocycles. The van der Waals surface area contributed by atoms with Gasteiger partial charge in [0.2, 0.25) is 15.9 Å². The van der Waals surface area contributed by atoms with E-state index >= 15 is 0 Å². The van der Waals surface area contributed by atoms with Gasteiger partial charge in [-0.05, 0) is 24.3 Å². The molecule has 0 spiro atoms. The second kappa shape index (κ2) is 9.42. The van der Waals surface area contributed by atoms with E-state index in [0.29, 0.717) is 43.4 Å². The summed E-state index contributed by atoms with van der Waals surface area (Å²) in [4.78, 5) is 16.4. The average molecular weight is 452 g/mol. The van der Waals surface area contributed by atoms with Gasteiger partial charge in [0, 0.05) is 32.2 Å². The van der Waals surface area contributed by atoms with E-state index < -0.39 is 10.0 Å². The first kappa shape index (κ1) is 22.7. The van der Waals surface area contributed by atoms with Crippen molar-refractivity contribution < 1.29 is 27.1 Å². The summed E-state index contributed by atoms with van der Waals surface area (Å²) in [7, 11) is -0.883. The lowest BCUT2D eigenvalue weighted by atomic mass is 10.2. The number of halogens is 1. The van der Waals surface area contributed by atoms with Crippen LogP contribution in [0.1, 0.15) is 0 Å². The van der Waals surface area contributed by atoms with Crippen molar-refractivity contribution in [1.82, 2.24) is 4.90 Å². The molecule has 31 heavy (non-hydrogen) atoms.